The third-order valence-corrected chi connectivity index (χ3v) is 3.44. The Labute approximate surface area is 138 Å². The molecule has 0 saturated carbocycles. The Balaban J connectivity index is 1.65. The average Bonchev–Trinajstić information content (AvgIpc) is 3.09. The fourth-order valence-corrected chi connectivity index (χ4v) is 2.28. The maximum atomic E-state index is 12.2. The van der Waals surface area contributed by atoms with Gasteiger partial charge in [0.1, 0.15) is 5.75 Å². The molecule has 2 amide bonds. The van der Waals surface area contributed by atoms with Crippen LogP contribution < -0.4 is 15.6 Å². The minimum Gasteiger partial charge on any atom is -0.494 e. The molecule has 24 heavy (non-hydrogen) atoms. The predicted octanol–water partition coefficient (Wildman–Crippen LogP) is 2.04. The molecule has 2 aromatic carbocycles. The Morgan fingerprint density at radius 3 is 2.58 bits per heavy atom. The molecular weight excluding hydrogens is 308 g/mol. The zero-order valence-corrected chi connectivity index (χ0v) is 13.0. The van der Waals surface area contributed by atoms with Crippen molar-refractivity contribution in [3.63, 3.8) is 0 Å². The van der Waals surface area contributed by atoms with E-state index < -0.39 is 11.8 Å². The summed E-state index contributed by atoms with van der Waals surface area (Å²) >= 11 is 0. The SMILES string of the molecule is CCOc1ccc(C(=O)NNC(=O)c2cccc3cn[nH]c23)cc1. The molecule has 3 N–H and O–H groups in total. The highest BCUT2D eigenvalue weighted by atomic mass is 16.5. The Kier molecular flexibility index (Phi) is 4.42. The molecule has 7 heteroatoms. The molecule has 0 aliphatic heterocycles. The zero-order valence-electron chi connectivity index (χ0n) is 13.0. The lowest BCUT2D eigenvalue weighted by Crippen LogP contribution is -2.41. The number of ether oxygens (including phenoxy) is 1. The van der Waals surface area contributed by atoms with Crippen molar-refractivity contribution in [1.82, 2.24) is 21.0 Å². The number of rotatable bonds is 4. The minimum atomic E-state index is -0.427. The standard InChI is InChI=1S/C17H16N4O3/c1-2-24-13-8-6-11(7-9-13)16(22)20-21-17(23)14-5-3-4-12-10-18-19-15(12)14/h3-10H,2H2,1H3,(H,18,19)(H,20,22)(H,21,23). The normalized spacial score (nSPS) is 10.4. The molecule has 0 aliphatic carbocycles. The molecule has 1 aromatic heterocycles. The number of carbonyl (C=O) groups is 2. The first-order valence-corrected chi connectivity index (χ1v) is 7.44. The van der Waals surface area contributed by atoms with Gasteiger partial charge in [0.15, 0.2) is 0 Å². The number of para-hydroxylation sites is 1. The Hall–Kier alpha value is -3.35. The van der Waals surface area contributed by atoms with Gasteiger partial charge in [-0.15, -0.1) is 0 Å². The third kappa shape index (κ3) is 3.19. The number of hydrazine groups is 1. The van der Waals surface area contributed by atoms with Gasteiger partial charge in [0.2, 0.25) is 0 Å². The molecule has 0 bridgehead atoms. The molecule has 0 spiro atoms. The second-order valence-corrected chi connectivity index (χ2v) is 5.01. The van der Waals surface area contributed by atoms with Crippen molar-refractivity contribution in [2.45, 2.75) is 6.92 Å². The summed E-state index contributed by atoms with van der Waals surface area (Å²) in [5.41, 5.74) is 6.22. The summed E-state index contributed by atoms with van der Waals surface area (Å²) in [6, 6.07) is 11.9. The van der Waals surface area contributed by atoms with E-state index in [0.29, 0.717) is 29.0 Å². The summed E-state index contributed by atoms with van der Waals surface area (Å²) in [4.78, 5) is 24.3. The van der Waals surface area contributed by atoms with E-state index in [-0.39, 0.29) is 0 Å². The monoisotopic (exact) mass is 324 g/mol. The van der Waals surface area contributed by atoms with Crippen LogP contribution in [0.5, 0.6) is 5.75 Å². The summed E-state index contributed by atoms with van der Waals surface area (Å²) in [6.07, 6.45) is 1.63. The number of carbonyl (C=O) groups excluding carboxylic acids is 2. The molecule has 3 rings (SSSR count). The lowest BCUT2D eigenvalue weighted by Gasteiger charge is -2.09. The number of hydrogen-bond donors (Lipinski definition) is 3. The maximum Gasteiger partial charge on any atom is 0.271 e. The Morgan fingerprint density at radius 2 is 1.83 bits per heavy atom. The van der Waals surface area contributed by atoms with Crippen molar-refractivity contribution in [2.75, 3.05) is 6.61 Å². The van der Waals surface area contributed by atoms with Gasteiger partial charge < -0.3 is 4.74 Å². The fraction of sp³-hybridized carbons (Fsp3) is 0.118. The average molecular weight is 324 g/mol. The van der Waals surface area contributed by atoms with Crippen LogP contribution in [0.1, 0.15) is 27.6 Å². The van der Waals surface area contributed by atoms with Gasteiger partial charge in [-0.1, -0.05) is 12.1 Å². The van der Waals surface area contributed by atoms with Gasteiger partial charge in [-0.2, -0.15) is 5.10 Å². The van der Waals surface area contributed by atoms with Crippen LogP contribution >= 0.6 is 0 Å². The van der Waals surface area contributed by atoms with Crippen molar-refractivity contribution in [2.24, 2.45) is 0 Å². The number of fused-ring (bicyclic) bond motifs is 1. The van der Waals surface area contributed by atoms with Crippen LogP contribution in [-0.4, -0.2) is 28.6 Å². The quantitative estimate of drug-likeness (QED) is 0.640. The van der Waals surface area contributed by atoms with Gasteiger partial charge in [0, 0.05) is 10.9 Å². The smallest absolute Gasteiger partial charge is 0.271 e. The lowest BCUT2D eigenvalue weighted by molar-refractivity contribution is 0.0847. The molecule has 7 nitrogen and oxygen atoms in total. The van der Waals surface area contributed by atoms with Crippen molar-refractivity contribution in [3.05, 3.63) is 59.8 Å². The van der Waals surface area contributed by atoms with Crippen molar-refractivity contribution in [3.8, 4) is 5.75 Å². The highest BCUT2D eigenvalue weighted by molar-refractivity contribution is 6.06. The molecule has 0 fully saturated rings. The van der Waals surface area contributed by atoms with E-state index in [1.54, 1.807) is 42.6 Å². The second kappa shape index (κ2) is 6.82. The van der Waals surface area contributed by atoms with Crippen LogP contribution in [0.2, 0.25) is 0 Å². The largest absolute Gasteiger partial charge is 0.494 e. The molecule has 122 valence electrons. The van der Waals surface area contributed by atoms with Crippen LogP contribution in [0.3, 0.4) is 0 Å². The molecule has 3 aromatic rings. The van der Waals surface area contributed by atoms with Crippen LogP contribution in [0, 0.1) is 0 Å². The number of nitrogens with one attached hydrogen (secondary N) is 3. The number of aromatic nitrogens is 2. The first-order valence-electron chi connectivity index (χ1n) is 7.44. The molecule has 0 saturated heterocycles. The predicted molar refractivity (Wildman–Crippen MR) is 88.6 cm³/mol. The van der Waals surface area contributed by atoms with Gasteiger partial charge >= 0.3 is 0 Å². The van der Waals surface area contributed by atoms with Crippen molar-refractivity contribution < 1.29 is 14.3 Å². The first kappa shape index (κ1) is 15.5. The topological polar surface area (TPSA) is 96.1 Å². The van der Waals surface area contributed by atoms with Gasteiger partial charge in [0.25, 0.3) is 11.8 Å². The number of benzene rings is 2. The van der Waals surface area contributed by atoms with E-state index >= 15 is 0 Å². The molecule has 1 heterocycles. The van der Waals surface area contributed by atoms with Crippen LogP contribution in [0.25, 0.3) is 10.9 Å². The molecule has 0 unspecified atom stereocenters. The first-order chi connectivity index (χ1) is 11.7. The summed E-state index contributed by atoms with van der Waals surface area (Å²) in [7, 11) is 0. The maximum absolute atomic E-state index is 12.2. The van der Waals surface area contributed by atoms with Crippen molar-refractivity contribution in [1.29, 1.82) is 0 Å². The summed E-state index contributed by atoms with van der Waals surface area (Å²) < 4.78 is 5.32. The van der Waals surface area contributed by atoms with E-state index in [2.05, 4.69) is 21.0 Å². The van der Waals surface area contributed by atoms with E-state index in [1.165, 1.54) is 0 Å². The fourth-order valence-electron chi connectivity index (χ4n) is 2.28. The minimum absolute atomic E-state index is 0.400. The summed E-state index contributed by atoms with van der Waals surface area (Å²) in [6.45, 7) is 2.44. The van der Waals surface area contributed by atoms with Crippen LogP contribution in [0.4, 0.5) is 0 Å². The number of nitrogens with zero attached hydrogens (tertiary/aromatic N) is 1. The number of aromatic amines is 1. The van der Waals surface area contributed by atoms with E-state index in [0.717, 1.165) is 5.39 Å². The van der Waals surface area contributed by atoms with Gasteiger partial charge in [-0.05, 0) is 37.3 Å². The zero-order chi connectivity index (χ0) is 16.9. The van der Waals surface area contributed by atoms with Crippen LogP contribution in [-0.2, 0) is 0 Å². The van der Waals surface area contributed by atoms with E-state index in [4.69, 9.17) is 4.74 Å². The van der Waals surface area contributed by atoms with E-state index in [1.807, 2.05) is 13.0 Å². The lowest BCUT2D eigenvalue weighted by atomic mass is 10.1. The molecule has 0 atom stereocenters. The number of amides is 2. The summed E-state index contributed by atoms with van der Waals surface area (Å²) in [5, 5.41) is 7.50. The highest BCUT2D eigenvalue weighted by Gasteiger charge is 2.13. The van der Waals surface area contributed by atoms with Gasteiger partial charge in [-0.25, -0.2) is 0 Å². The number of hydrogen-bond acceptors (Lipinski definition) is 4. The van der Waals surface area contributed by atoms with Crippen LogP contribution in [0.15, 0.2) is 48.7 Å². The summed E-state index contributed by atoms with van der Waals surface area (Å²) in [5.74, 6) is -0.156. The Morgan fingerprint density at radius 1 is 1.08 bits per heavy atom. The van der Waals surface area contributed by atoms with Gasteiger partial charge in [-0.3, -0.25) is 25.5 Å². The van der Waals surface area contributed by atoms with E-state index in [9.17, 15) is 9.59 Å². The van der Waals surface area contributed by atoms with Gasteiger partial charge in [0.05, 0.1) is 23.9 Å². The number of H-pyrrole nitrogens is 1. The Bertz CT molecular complexity index is 871. The van der Waals surface area contributed by atoms with Crippen molar-refractivity contribution >= 4 is 22.7 Å². The third-order valence-electron chi connectivity index (χ3n) is 3.44. The highest BCUT2D eigenvalue weighted by Crippen LogP contribution is 2.15. The molecule has 0 aliphatic rings. The second-order valence-electron chi connectivity index (χ2n) is 5.01. The molecular formula is C17H16N4O3. The molecule has 0 radical (unpaired) electrons.